The molecule has 0 radical (unpaired) electrons. The minimum Gasteiger partial charge on any atom is -0.497 e. The molecule has 6 heteroatoms. The molecule has 1 heterocycles. The number of hydrogen-bond donors (Lipinski definition) is 1. The second kappa shape index (κ2) is 9.85. The lowest BCUT2D eigenvalue weighted by Crippen LogP contribution is -2.45. The third-order valence-electron chi connectivity index (χ3n) is 4.23. The van der Waals surface area contributed by atoms with Crippen LogP contribution in [0, 0.1) is 5.92 Å². The van der Waals surface area contributed by atoms with Crippen molar-refractivity contribution < 1.29 is 9.47 Å². The molecule has 0 unspecified atom stereocenters. The second-order valence-corrected chi connectivity index (χ2v) is 5.75. The van der Waals surface area contributed by atoms with Gasteiger partial charge in [0.15, 0.2) is 5.96 Å². The monoisotopic (exact) mass is 433 g/mol. The summed E-state index contributed by atoms with van der Waals surface area (Å²) < 4.78 is 10.7. The van der Waals surface area contributed by atoms with Crippen molar-refractivity contribution in [2.45, 2.75) is 26.3 Å². The number of halogens is 1. The smallest absolute Gasteiger partial charge is 0.193 e. The van der Waals surface area contributed by atoms with Crippen LogP contribution in [0.2, 0.25) is 0 Å². The van der Waals surface area contributed by atoms with E-state index >= 15 is 0 Å². The maximum atomic E-state index is 5.44. The predicted octanol–water partition coefficient (Wildman–Crippen LogP) is 3.13. The average molecular weight is 433 g/mol. The maximum Gasteiger partial charge on any atom is 0.193 e. The van der Waals surface area contributed by atoms with Crippen LogP contribution in [0.1, 0.15) is 25.3 Å². The molecule has 0 saturated carbocycles. The topological polar surface area (TPSA) is 46.1 Å². The lowest BCUT2D eigenvalue weighted by molar-refractivity contribution is 0.273. The highest BCUT2D eigenvalue weighted by Gasteiger charge is 2.18. The zero-order valence-corrected chi connectivity index (χ0v) is 16.8. The number of piperidine rings is 1. The number of ether oxygens (including phenoxy) is 2. The lowest BCUT2D eigenvalue weighted by atomic mass is 9.99. The van der Waals surface area contributed by atoms with Gasteiger partial charge in [0.05, 0.1) is 14.2 Å². The number of nitrogens with zero attached hydrogens (tertiary/aromatic N) is 2. The maximum absolute atomic E-state index is 5.44. The molecule has 0 atom stereocenters. The molecule has 5 nitrogen and oxygen atoms in total. The zero-order valence-electron chi connectivity index (χ0n) is 14.5. The van der Waals surface area contributed by atoms with Gasteiger partial charge in [-0.3, -0.25) is 4.99 Å². The van der Waals surface area contributed by atoms with Gasteiger partial charge in [0.2, 0.25) is 0 Å². The fourth-order valence-corrected chi connectivity index (χ4v) is 2.72. The molecule has 1 aromatic carbocycles. The number of rotatable bonds is 4. The van der Waals surface area contributed by atoms with Crippen molar-refractivity contribution in [3.63, 3.8) is 0 Å². The van der Waals surface area contributed by atoms with Crippen LogP contribution < -0.4 is 14.8 Å². The number of aliphatic imine (C=N–C) groups is 1. The van der Waals surface area contributed by atoms with Crippen LogP contribution in [-0.4, -0.2) is 45.2 Å². The van der Waals surface area contributed by atoms with Gasteiger partial charge in [-0.25, -0.2) is 0 Å². The summed E-state index contributed by atoms with van der Waals surface area (Å²) in [4.78, 5) is 6.74. The van der Waals surface area contributed by atoms with Gasteiger partial charge in [-0.2, -0.15) is 0 Å². The number of benzene rings is 1. The Kier molecular flexibility index (Phi) is 8.51. The van der Waals surface area contributed by atoms with E-state index in [2.05, 4.69) is 22.1 Å². The third kappa shape index (κ3) is 5.44. The third-order valence-corrected chi connectivity index (χ3v) is 4.23. The Morgan fingerprint density at radius 1 is 1.26 bits per heavy atom. The molecule has 1 N–H and O–H groups in total. The van der Waals surface area contributed by atoms with E-state index in [1.165, 1.54) is 12.8 Å². The van der Waals surface area contributed by atoms with Crippen molar-refractivity contribution in [2.24, 2.45) is 10.9 Å². The summed E-state index contributed by atoms with van der Waals surface area (Å²) >= 11 is 0. The van der Waals surface area contributed by atoms with Gasteiger partial charge < -0.3 is 19.7 Å². The minimum atomic E-state index is 0. The molecule has 0 amide bonds. The van der Waals surface area contributed by atoms with Crippen molar-refractivity contribution >= 4 is 29.9 Å². The van der Waals surface area contributed by atoms with Crippen molar-refractivity contribution in [1.29, 1.82) is 0 Å². The number of guanidine groups is 1. The molecule has 0 aromatic heterocycles. The van der Waals surface area contributed by atoms with Gasteiger partial charge in [-0.1, -0.05) is 6.92 Å². The van der Waals surface area contributed by atoms with Crippen LogP contribution in [0.5, 0.6) is 11.5 Å². The summed E-state index contributed by atoms with van der Waals surface area (Å²) in [5.41, 5.74) is 1.09. The van der Waals surface area contributed by atoms with E-state index in [1.807, 2.05) is 25.2 Å². The molecular weight excluding hydrogens is 405 g/mol. The number of nitrogens with one attached hydrogen (secondary N) is 1. The molecule has 0 spiro atoms. The van der Waals surface area contributed by atoms with Gasteiger partial charge in [0.25, 0.3) is 0 Å². The van der Waals surface area contributed by atoms with Gasteiger partial charge >= 0.3 is 0 Å². The molecule has 1 saturated heterocycles. The molecular formula is C17H28IN3O2. The molecule has 1 aliphatic rings. The quantitative estimate of drug-likeness (QED) is 0.451. The van der Waals surface area contributed by atoms with Crippen molar-refractivity contribution in [2.75, 3.05) is 34.4 Å². The van der Waals surface area contributed by atoms with Gasteiger partial charge in [0, 0.05) is 38.3 Å². The van der Waals surface area contributed by atoms with Crippen LogP contribution in [-0.2, 0) is 6.54 Å². The normalized spacial score (nSPS) is 15.8. The van der Waals surface area contributed by atoms with Crippen molar-refractivity contribution in [3.05, 3.63) is 23.8 Å². The Labute approximate surface area is 156 Å². The van der Waals surface area contributed by atoms with Gasteiger partial charge in [-0.15, -0.1) is 24.0 Å². The molecule has 1 fully saturated rings. The van der Waals surface area contributed by atoms with E-state index in [9.17, 15) is 0 Å². The highest BCUT2D eigenvalue weighted by molar-refractivity contribution is 14.0. The van der Waals surface area contributed by atoms with Gasteiger partial charge in [-0.05, 0) is 30.9 Å². The number of hydrogen-bond acceptors (Lipinski definition) is 3. The molecule has 2 rings (SSSR count). The van der Waals surface area contributed by atoms with Crippen molar-refractivity contribution in [1.82, 2.24) is 10.2 Å². The lowest BCUT2D eigenvalue weighted by Gasteiger charge is -2.33. The predicted molar refractivity (Wildman–Crippen MR) is 105 cm³/mol. The first-order valence-corrected chi connectivity index (χ1v) is 7.84. The average Bonchev–Trinajstić information content (AvgIpc) is 2.56. The Balaban J connectivity index is 0.00000264. The van der Waals surface area contributed by atoms with Crippen LogP contribution in [0.3, 0.4) is 0 Å². The first kappa shape index (κ1) is 19.9. The largest absolute Gasteiger partial charge is 0.497 e. The van der Waals surface area contributed by atoms with E-state index < -0.39 is 0 Å². The first-order valence-electron chi connectivity index (χ1n) is 7.84. The Hall–Kier alpha value is -1.18. The fourth-order valence-electron chi connectivity index (χ4n) is 2.72. The summed E-state index contributed by atoms with van der Waals surface area (Å²) in [5.74, 6) is 3.41. The summed E-state index contributed by atoms with van der Waals surface area (Å²) in [6.07, 6.45) is 2.46. The number of likely N-dealkylation sites (tertiary alicyclic amines) is 1. The van der Waals surface area contributed by atoms with Crippen LogP contribution in [0.25, 0.3) is 0 Å². The summed E-state index contributed by atoms with van der Waals surface area (Å²) in [6.45, 7) is 5.14. The van der Waals surface area contributed by atoms with Crippen LogP contribution >= 0.6 is 24.0 Å². The van der Waals surface area contributed by atoms with E-state index in [0.717, 1.165) is 42.0 Å². The SMILES string of the molecule is CN=C(NCc1ccc(OC)cc1OC)N1CCC(C)CC1.I. The molecule has 0 aliphatic carbocycles. The van der Waals surface area contributed by atoms with E-state index in [-0.39, 0.29) is 24.0 Å². The van der Waals surface area contributed by atoms with E-state index in [4.69, 9.17) is 9.47 Å². The minimum absolute atomic E-state index is 0. The molecule has 130 valence electrons. The molecule has 1 aliphatic heterocycles. The molecule has 23 heavy (non-hydrogen) atoms. The van der Waals surface area contributed by atoms with E-state index in [0.29, 0.717) is 6.54 Å². The Morgan fingerprint density at radius 3 is 2.52 bits per heavy atom. The van der Waals surface area contributed by atoms with Crippen molar-refractivity contribution in [3.8, 4) is 11.5 Å². The standard InChI is InChI=1S/C17H27N3O2.HI/c1-13-7-9-20(10-8-13)17(18-2)19-12-14-5-6-15(21-3)11-16(14)22-4;/h5-6,11,13H,7-10,12H2,1-4H3,(H,18,19);1H. The Morgan fingerprint density at radius 2 is 1.96 bits per heavy atom. The van der Waals surface area contributed by atoms with Gasteiger partial charge in [0.1, 0.15) is 11.5 Å². The highest BCUT2D eigenvalue weighted by Crippen LogP contribution is 2.24. The van der Waals surface area contributed by atoms with E-state index in [1.54, 1.807) is 14.2 Å². The molecule has 1 aromatic rings. The van der Waals surface area contributed by atoms with Crippen LogP contribution in [0.4, 0.5) is 0 Å². The fraction of sp³-hybridized carbons (Fsp3) is 0.588. The second-order valence-electron chi connectivity index (χ2n) is 5.75. The zero-order chi connectivity index (χ0) is 15.9. The summed E-state index contributed by atoms with van der Waals surface area (Å²) in [7, 11) is 5.18. The number of methoxy groups -OCH3 is 2. The summed E-state index contributed by atoms with van der Waals surface area (Å²) in [5, 5.41) is 3.44. The Bertz CT molecular complexity index is 515. The molecule has 0 bridgehead atoms. The first-order chi connectivity index (χ1) is 10.7. The summed E-state index contributed by atoms with van der Waals surface area (Å²) in [6, 6.07) is 5.88. The van der Waals surface area contributed by atoms with Crippen LogP contribution in [0.15, 0.2) is 23.2 Å². The highest BCUT2D eigenvalue weighted by atomic mass is 127.